The summed E-state index contributed by atoms with van der Waals surface area (Å²) in [6.45, 7) is 0. The second-order valence-corrected chi connectivity index (χ2v) is 8.91. The first-order valence-electron chi connectivity index (χ1n) is 11.5. The van der Waals surface area contributed by atoms with Gasteiger partial charge in [0.15, 0.2) is 5.76 Å². The number of amides is 2. The van der Waals surface area contributed by atoms with Crippen LogP contribution >= 0.6 is 15.9 Å². The van der Waals surface area contributed by atoms with Gasteiger partial charge < -0.3 is 14.5 Å². The number of non-ortho nitro benzene ring substituents is 1. The first-order valence-corrected chi connectivity index (χ1v) is 12.3. The lowest BCUT2D eigenvalue weighted by molar-refractivity contribution is -0.384. The van der Waals surface area contributed by atoms with Crippen molar-refractivity contribution in [2.45, 2.75) is 0 Å². The average Bonchev–Trinajstić information content (AvgIpc) is 3.49. The molecule has 12 heteroatoms. The van der Waals surface area contributed by atoms with E-state index in [4.69, 9.17) is 9.15 Å². The van der Waals surface area contributed by atoms with E-state index in [1.165, 1.54) is 61.0 Å². The number of furan rings is 1. The minimum atomic E-state index is -0.687. The van der Waals surface area contributed by atoms with Crippen molar-refractivity contribution in [3.05, 3.63) is 128 Å². The summed E-state index contributed by atoms with van der Waals surface area (Å²) in [6, 6.07) is 19.9. The Bertz CT molecular complexity index is 1610. The van der Waals surface area contributed by atoms with Crippen LogP contribution in [0.25, 0.3) is 6.08 Å². The van der Waals surface area contributed by atoms with E-state index in [0.717, 1.165) is 0 Å². The molecule has 0 aliphatic carbocycles. The molecule has 2 N–H and O–H groups in total. The van der Waals surface area contributed by atoms with Gasteiger partial charge in [0.05, 0.1) is 17.4 Å². The first kappa shape index (κ1) is 27.7. The van der Waals surface area contributed by atoms with Crippen molar-refractivity contribution in [3.63, 3.8) is 0 Å². The van der Waals surface area contributed by atoms with Crippen molar-refractivity contribution in [1.82, 2.24) is 5.43 Å². The van der Waals surface area contributed by atoms with Gasteiger partial charge in [-0.1, -0.05) is 22.0 Å². The van der Waals surface area contributed by atoms with E-state index >= 15 is 0 Å². The van der Waals surface area contributed by atoms with E-state index in [2.05, 4.69) is 31.8 Å². The topological polar surface area (TPSA) is 153 Å². The number of hydrogen-bond donors (Lipinski definition) is 2. The molecule has 2 amide bonds. The molecule has 0 bridgehead atoms. The van der Waals surface area contributed by atoms with Gasteiger partial charge in [-0.3, -0.25) is 19.7 Å². The Morgan fingerprint density at radius 3 is 2.50 bits per heavy atom. The molecular formula is C28H19BrN4O7. The van der Waals surface area contributed by atoms with Gasteiger partial charge in [0, 0.05) is 39.5 Å². The number of carbonyl (C=O) groups is 3. The zero-order valence-corrected chi connectivity index (χ0v) is 22.0. The lowest BCUT2D eigenvalue weighted by Crippen LogP contribution is -2.18. The predicted molar refractivity (Wildman–Crippen MR) is 150 cm³/mol. The van der Waals surface area contributed by atoms with Crippen LogP contribution in [-0.4, -0.2) is 28.9 Å². The Morgan fingerprint density at radius 1 is 0.975 bits per heavy atom. The molecule has 0 saturated carbocycles. The maximum Gasteiger partial charge on any atom is 0.336 e. The van der Waals surface area contributed by atoms with Crippen LogP contribution in [-0.2, 0) is 4.79 Å². The molecule has 0 atom stereocenters. The van der Waals surface area contributed by atoms with E-state index in [9.17, 15) is 24.5 Å². The number of nitrogens with one attached hydrogen (secondary N) is 2. The molecule has 4 aromatic rings. The highest BCUT2D eigenvalue weighted by atomic mass is 79.9. The molecule has 11 nitrogen and oxygen atoms in total. The third-order valence-corrected chi connectivity index (χ3v) is 5.69. The van der Waals surface area contributed by atoms with Crippen molar-refractivity contribution in [3.8, 4) is 5.75 Å². The molecule has 0 radical (unpaired) electrons. The van der Waals surface area contributed by atoms with Gasteiger partial charge >= 0.3 is 5.97 Å². The van der Waals surface area contributed by atoms with Crippen molar-refractivity contribution < 1.29 is 28.5 Å². The number of nitrogens with zero attached hydrogens (tertiary/aromatic N) is 2. The summed E-state index contributed by atoms with van der Waals surface area (Å²) in [5.41, 5.74) is 3.94. The third-order valence-electron chi connectivity index (χ3n) is 5.20. The van der Waals surface area contributed by atoms with Crippen molar-refractivity contribution >= 4 is 57.4 Å². The highest BCUT2D eigenvalue weighted by molar-refractivity contribution is 9.10. The zero-order chi connectivity index (χ0) is 28.5. The normalized spacial score (nSPS) is 10.9. The number of anilines is 1. The summed E-state index contributed by atoms with van der Waals surface area (Å²) in [7, 11) is 0. The molecule has 1 heterocycles. The van der Waals surface area contributed by atoms with Gasteiger partial charge in [0.2, 0.25) is 0 Å². The number of esters is 1. The molecule has 0 aliphatic heterocycles. The van der Waals surface area contributed by atoms with E-state index in [1.54, 1.807) is 42.5 Å². The Kier molecular flexibility index (Phi) is 8.95. The molecule has 1 aromatic heterocycles. The Hall–Kier alpha value is -5.36. The minimum absolute atomic E-state index is 0.0600. The lowest BCUT2D eigenvalue weighted by Gasteiger charge is -2.07. The highest BCUT2D eigenvalue weighted by Crippen LogP contribution is 2.22. The van der Waals surface area contributed by atoms with E-state index < -0.39 is 22.7 Å². The second kappa shape index (κ2) is 12.9. The second-order valence-electron chi connectivity index (χ2n) is 8.00. The van der Waals surface area contributed by atoms with Crippen molar-refractivity contribution in [2.24, 2.45) is 5.10 Å². The number of halogens is 1. The Balaban J connectivity index is 1.38. The lowest BCUT2D eigenvalue weighted by atomic mass is 10.2. The summed E-state index contributed by atoms with van der Waals surface area (Å²) in [5.74, 6) is -1.37. The Morgan fingerprint density at radius 2 is 1.77 bits per heavy atom. The SMILES string of the molecule is O=C(/C=C/c1ccc([N+](=O)[O-])cc1)Oc1ccc(Br)cc1C=NNC(=O)c1cccc(NC(=O)c2ccco2)c1. The molecule has 0 aliphatic rings. The summed E-state index contributed by atoms with van der Waals surface area (Å²) in [4.78, 5) is 47.4. The molecule has 4 rings (SSSR count). The van der Waals surface area contributed by atoms with Crippen LogP contribution in [0.2, 0.25) is 0 Å². The monoisotopic (exact) mass is 602 g/mol. The van der Waals surface area contributed by atoms with Gasteiger partial charge in [0.1, 0.15) is 5.75 Å². The summed E-state index contributed by atoms with van der Waals surface area (Å²) >= 11 is 3.35. The summed E-state index contributed by atoms with van der Waals surface area (Å²) in [6.07, 6.45) is 5.34. The van der Waals surface area contributed by atoms with Crippen LogP contribution in [0.1, 0.15) is 32.0 Å². The van der Waals surface area contributed by atoms with E-state index in [0.29, 0.717) is 21.3 Å². The number of nitro groups is 1. The summed E-state index contributed by atoms with van der Waals surface area (Å²) in [5, 5.41) is 17.4. The van der Waals surface area contributed by atoms with Gasteiger partial charge in [-0.2, -0.15) is 5.10 Å². The zero-order valence-electron chi connectivity index (χ0n) is 20.4. The number of hydrogen-bond acceptors (Lipinski definition) is 8. The maximum absolute atomic E-state index is 12.6. The van der Waals surface area contributed by atoms with E-state index in [-0.39, 0.29) is 22.8 Å². The van der Waals surface area contributed by atoms with Gasteiger partial charge in [-0.25, -0.2) is 10.2 Å². The first-order chi connectivity index (χ1) is 19.3. The average molecular weight is 603 g/mol. The van der Waals surface area contributed by atoms with E-state index in [1.807, 2.05) is 0 Å². The van der Waals surface area contributed by atoms with Crippen molar-refractivity contribution in [2.75, 3.05) is 5.32 Å². The number of benzene rings is 3. The number of carbonyl (C=O) groups excluding carboxylic acids is 3. The van der Waals surface area contributed by atoms with Crippen molar-refractivity contribution in [1.29, 1.82) is 0 Å². The van der Waals surface area contributed by atoms with Crippen LogP contribution in [0.15, 0.2) is 105 Å². The number of hydrazone groups is 1. The third kappa shape index (κ3) is 7.58. The molecule has 3 aromatic carbocycles. The van der Waals surface area contributed by atoms with Crippen LogP contribution < -0.4 is 15.5 Å². The quantitative estimate of drug-likeness (QED) is 0.0632. The molecule has 0 fully saturated rings. The molecule has 0 unspecified atom stereocenters. The number of nitro benzene ring substituents is 1. The minimum Gasteiger partial charge on any atom is -0.459 e. The van der Waals surface area contributed by atoms with Crippen LogP contribution in [0.4, 0.5) is 11.4 Å². The predicted octanol–water partition coefficient (Wildman–Crippen LogP) is 5.59. The van der Waals surface area contributed by atoms with Crippen LogP contribution in [0, 0.1) is 10.1 Å². The van der Waals surface area contributed by atoms with Gasteiger partial charge in [-0.05, 0) is 72.3 Å². The standard InChI is InChI=1S/C28H19BrN4O7/c29-21-9-12-24(40-26(34)13-8-18-6-10-23(11-7-18)33(37)38)20(15-21)17-30-32-27(35)19-3-1-4-22(16-19)31-28(36)25-5-2-14-39-25/h1-17H,(H,31,36)(H,32,35)/b13-8+,30-17?. The number of rotatable bonds is 9. The molecule has 0 spiro atoms. The molecular weight excluding hydrogens is 584 g/mol. The Labute approximate surface area is 235 Å². The molecule has 200 valence electrons. The van der Waals surface area contributed by atoms with Gasteiger partial charge in [0.25, 0.3) is 17.5 Å². The molecule has 40 heavy (non-hydrogen) atoms. The fourth-order valence-corrected chi connectivity index (χ4v) is 3.67. The fourth-order valence-electron chi connectivity index (χ4n) is 3.29. The fraction of sp³-hybridized carbons (Fsp3) is 0. The number of ether oxygens (including phenoxy) is 1. The molecule has 0 saturated heterocycles. The smallest absolute Gasteiger partial charge is 0.336 e. The highest BCUT2D eigenvalue weighted by Gasteiger charge is 2.12. The summed E-state index contributed by atoms with van der Waals surface area (Å²) < 4.78 is 11.1. The van der Waals surface area contributed by atoms with Crippen LogP contribution in [0.3, 0.4) is 0 Å². The van der Waals surface area contributed by atoms with Crippen LogP contribution in [0.5, 0.6) is 5.75 Å². The largest absolute Gasteiger partial charge is 0.459 e. The maximum atomic E-state index is 12.6. The van der Waals surface area contributed by atoms with Gasteiger partial charge in [-0.15, -0.1) is 0 Å².